The summed E-state index contributed by atoms with van der Waals surface area (Å²) in [6.07, 6.45) is 0. The van der Waals surface area contributed by atoms with Gasteiger partial charge in [-0.05, 0) is 18.2 Å². The minimum atomic E-state index is -0.368. The Morgan fingerprint density at radius 3 is 2.82 bits per heavy atom. The fraction of sp³-hybridized carbons (Fsp3) is 0.0909. The molecule has 0 spiro atoms. The molecule has 0 aliphatic rings. The number of benzene rings is 1. The van der Waals surface area contributed by atoms with Gasteiger partial charge in [-0.1, -0.05) is 33.6 Å². The van der Waals surface area contributed by atoms with Crippen molar-refractivity contribution in [1.82, 2.24) is 9.99 Å². The topological polar surface area (TPSA) is 59.2 Å². The molecule has 0 fully saturated rings. The molecule has 0 aliphatic carbocycles. The summed E-state index contributed by atoms with van der Waals surface area (Å²) in [5, 5.41) is 1.97. The summed E-state index contributed by atoms with van der Waals surface area (Å²) in [6, 6.07) is 7.25. The highest BCUT2D eigenvalue weighted by Gasteiger charge is 2.15. The van der Waals surface area contributed by atoms with E-state index in [9.17, 15) is 4.79 Å². The van der Waals surface area contributed by atoms with Crippen LogP contribution in [-0.4, -0.2) is 22.9 Å². The van der Waals surface area contributed by atoms with E-state index < -0.39 is 0 Å². The van der Waals surface area contributed by atoms with Gasteiger partial charge in [0.1, 0.15) is 5.15 Å². The zero-order valence-corrected chi connectivity index (χ0v) is 11.3. The molecule has 4 nitrogen and oxygen atoms in total. The summed E-state index contributed by atoms with van der Waals surface area (Å²) in [4.78, 5) is 15.9. The van der Waals surface area contributed by atoms with Gasteiger partial charge in [-0.2, -0.15) is 0 Å². The first-order valence-electron chi connectivity index (χ1n) is 4.77. The highest BCUT2D eigenvalue weighted by molar-refractivity contribution is 9.10. The second kappa shape index (κ2) is 4.60. The predicted octanol–water partition coefficient (Wildman–Crippen LogP) is 2.60. The number of aromatic nitrogens is 1. The van der Waals surface area contributed by atoms with Gasteiger partial charge in [-0.3, -0.25) is 9.80 Å². The molecule has 2 aromatic rings. The number of nitrogens with zero attached hydrogens (tertiary/aromatic N) is 2. The summed E-state index contributed by atoms with van der Waals surface area (Å²) >= 11 is 9.31. The Hall–Kier alpha value is -1.17. The summed E-state index contributed by atoms with van der Waals surface area (Å²) < 4.78 is 0.906. The second-order valence-corrected chi connectivity index (χ2v) is 4.85. The summed E-state index contributed by atoms with van der Waals surface area (Å²) in [5.41, 5.74) is 1.02. The van der Waals surface area contributed by atoms with Crippen molar-refractivity contribution in [2.75, 3.05) is 7.05 Å². The van der Waals surface area contributed by atoms with Crippen LogP contribution in [0.4, 0.5) is 0 Å². The van der Waals surface area contributed by atoms with Crippen LogP contribution in [0.5, 0.6) is 0 Å². The van der Waals surface area contributed by atoms with Gasteiger partial charge in [0, 0.05) is 16.9 Å². The van der Waals surface area contributed by atoms with Crippen molar-refractivity contribution in [3.63, 3.8) is 0 Å². The standard InChI is InChI=1S/C11H9BrClN3O/c1-16(14)11(17)8-4-6-2-3-7(12)5-9(6)15-10(8)13/h2-5H,14H2,1H3. The second-order valence-electron chi connectivity index (χ2n) is 3.58. The van der Waals surface area contributed by atoms with E-state index in [1.807, 2.05) is 18.2 Å². The third kappa shape index (κ3) is 2.41. The first-order chi connectivity index (χ1) is 7.99. The lowest BCUT2D eigenvalue weighted by molar-refractivity contribution is 0.0795. The van der Waals surface area contributed by atoms with E-state index in [2.05, 4.69) is 20.9 Å². The number of halogens is 2. The maximum absolute atomic E-state index is 11.7. The number of rotatable bonds is 1. The first kappa shape index (κ1) is 12.3. The third-order valence-electron chi connectivity index (χ3n) is 2.28. The maximum atomic E-state index is 11.7. The van der Waals surface area contributed by atoms with E-state index in [1.54, 1.807) is 6.07 Å². The zero-order chi connectivity index (χ0) is 12.6. The van der Waals surface area contributed by atoms with Gasteiger partial charge in [-0.15, -0.1) is 0 Å². The summed E-state index contributed by atoms with van der Waals surface area (Å²) in [6.45, 7) is 0. The smallest absolute Gasteiger partial charge is 0.270 e. The van der Waals surface area contributed by atoms with Crippen molar-refractivity contribution in [2.45, 2.75) is 0 Å². The van der Waals surface area contributed by atoms with Gasteiger partial charge in [0.05, 0.1) is 11.1 Å². The van der Waals surface area contributed by atoms with Crippen molar-refractivity contribution < 1.29 is 4.79 Å². The summed E-state index contributed by atoms with van der Waals surface area (Å²) in [5.74, 6) is 5.03. The molecule has 1 amide bonds. The van der Waals surface area contributed by atoms with Gasteiger partial charge < -0.3 is 0 Å². The van der Waals surface area contributed by atoms with Crippen LogP contribution < -0.4 is 5.84 Å². The molecule has 0 aliphatic heterocycles. The summed E-state index contributed by atoms with van der Waals surface area (Å²) in [7, 11) is 1.46. The van der Waals surface area contributed by atoms with E-state index in [4.69, 9.17) is 17.4 Å². The normalized spacial score (nSPS) is 10.6. The molecule has 0 saturated carbocycles. The largest absolute Gasteiger partial charge is 0.280 e. The molecular formula is C11H9BrClN3O. The van der Waals surface area contributed by atoms with Crippen LogP contribution in [0, 0.1) is 0 Å². The van der Waals surface area contributed by atoms with Crippen LogP contribution in [0.15, 0.2) is 28.7 Å². The predicted molar refractivity (Wildman–Crippen MR) is 70.7 cm³/mol. The Morgan fingerprint density at radius 2 is 2.18 bits per heavy atom. The molecule has 88 valence electrons. The average Bonchev–Trinajstić information content (AvgIpc) is 2.27. The number of pyridine rings is 1. The van der Waals surface area contributed by atoms with Crippen molar-refractivity contribution in [2.24, 2.45) is 5.84 Å². The number of fused-ring (bicyclic) bond motifs is 1. The van der Waals surface area contributed by atoms with Crippen LogP contribution in [0.3, 0.4) is 0 Å². The molecule has 0 bridgehead atoms. The Bertz CT molecular complexity index is 601. The number of carbonyl (C=O) groups excluding carboxylic acids is 1. The Balaban J connectivity index is 2.64. The van der Waals surface area contributed by atoms with E-state index in [0.29, 0.717) is 5.56 Å². The monoisotopic (exact) mass is 313 g/mol. The zero-order valence-electron chi connectivity index (χ0n) is 8.95. The Labute approximate surface area is 111 Å². The van der Waals surface area contributed by atoms with Crippen LogP contribution in [0.2, 0.25) is 5.15 Å². The molecule has 1 aromatic heterocycles. The molecule has 6 heteroatoms. The van der Waals surface area contributed by atoms with Crippen LogP contribution >= 0.6 is 27.5 Å². The quantitative estimate of drug-likeness (QED) is 0.381. The number of carbonyl (C=O) groups is 1. The number of hydrazine groups is 1. The minimum absolute atomic E-state index is 0.151. The molecule has 0 radical (unpaired) electrons. The molecule has 17 heavy (non-hydrogen) atoms. The lowest BCUT2D eigenvalue weighted by atomic mass is 10.1. The van der Waals surface area contributed by atoms with Gasteiger partial charge >= 0.3 is 0 Å². The van der Waals surface area contributed by atoms with Crippen molar-refractivity contribution >= 4 is 44.3 Å². The Kier molecular flexibility index (Phi) is 3.33. The number of hydrogen-bond acceptors (Lipinski definition) is 3. The van der Waals surface area contributed by atoms with E-state index >= 15 is 0 Å². The highest BCUT2D eigenvalue weighted by Crippen LogP contribution is 2.23. The molecule has 0 unspecified atom stereocenters. The van der Waals surface area contributed by atoms with Gasteiger partial charge in [0.15, 0.2) is 0 Å². The maximum Gasteiger partial charge on any atom is 0.270 e. The van der Waals surface area contributed by atoms with Crippen molar-refractivity contribution in [3.05, 3.63) is 39.5 Å². The average molecular weight is 315 g/mol. The van der Waals surface area contributed by atoms with Gasteiger partial charge in [0.2, 0.25) is 0 Å². The van der Waals surface area contributed by atoms with E-state index in [0.717, 1.165) is 20.4 Å². The van der Waals surface area contributed by atoms with Crippen LogP contribution in [0.25, 0.3) is 10.9 Å². The number of hydrogen-bond donors (Lipinski definition) is 1. The minimum Gasteiger partial charge on any atom is -0.280 e. The lowest BCUT2D eigenvalue weighted by Crippen LogP contribution is -2.33. The van der Waals surface area contributed by atoms with Gasteiger partial charge in [0.25, 0.3) is 5.91 Å². The first-order valence-corrected chi connectivity index (χ1v) is 5.94. The third-order valence-corrected chi connectivity index (χ3v) is 3.07. The lowest BCUT2D eigenvalue weighted by Gasteiger charge is -2.11. The molecule has 2 N–H and O–H groups in total. The fourth-order valence-corrected chi connectivity index (χ4v) is 2.03. The number of nitrogens with two attached hydrogens (primary N) is 1. The fourth-order valence-electron chi connectivity index (χ4n) is 1.46. The van der Waals surface area contributed by atoms with E-state index in [1.165, 1.54) is 7.05 Å². The molecule has 0 atom stereocenters. The molecule has 2 rings (SSSR count). The van der Waals surface area contributed by atoms with Crippen molar-refractivity contribution in [3.8, 4) is 0 Å². The highest BCUT2D eigenvalue weighted by atomic mass is 79.9. The molecular weight excluding hydrogens is 305 g/mol. The molecule has 0 saturated heterocycles. The van der Waals surface area contributed by atoms with Gasteiger partial charge in [-0.25, -0.2) is 10.8 Å². The van der Waals surface area contributed by atoms with Crippen LogP contribution in [-0.2, 0) is 0 Å². The number of amides is 1. The van der Waals surface area contributed by atoms with Crippen molar-refractivity contribution in [1.29, 1.82) is 0 Å². The SMILES string of the molecule is CN(N)C(=O)c1cc2ccc(Br)cc2nc1Cl. The Morgan fingerprint density at radius 1 is 1.47 bits per heavy atom. The molecule has 1 aromatic carbocycles. The van der Waals surface area contributed by atoms with Crippen LogP contribution in [0.1, 0.15) is 10.4 Å². The molecule has 1 heterocycles. The van der Waals surface area contributed by atoms with E-state index in [-0.39, 0.29) is 11.1 Å².